The fourth-order valence-electron chi connectivity index (χ4n) is 3.12. The molecule has 0 aromatic heterocycles. The van der Waals surface area contributed by atoms with E-state index in [1.807, 2.05) is 0 Å². The molecule has 2 N–H and O–H groups in total. The first-order chi connectivity index (χ1) is 14.4. The van der Waals surface area contributed by atoms with Gasteiger partial charge < -0.3 is 9.84 Å². The Bertz CT molecular complexity index is 1010. The number of phenolic OH excluding ortho intramolecular Hbond substituents is 1. The average molecular weight is 444 g/mol. The second-order valence-electron chi connectivity index (χ2n) is 6.57. The highest BCUT2D eigenvalue weighted by Crippen LogP contribution is 2.42. The Balaban J connectivity index is 1.43. The molecular formula is C20H16N2O6S2. The molecule has 2 atom stereocenters. The van der Waals surface area contributed by atoms with Crippen molar-refractivity contribution in [3.63, 3.8) is 0 Å². The standard InChI is InChI=1S/C20H16N2O6S2/c23-13-5-3-12(4-6-13)22-16(24)10-29-19(22)11-1-7-14(8-2-11)28-17(25)9-15-18(26)21-20(27)30-15/h1-8,15,19,23H,9-10H2,(H,21,26,27)/t15-,19+/m1/s1. The number of esters is 1. The van der Waals surface area contributed by atoms with Gasteiger partial charge in [0.25, 0.3) is 5.24 Å². The van der Waals surface area contributed by atoms with Gasteiger partial charge in [0.15, 0.2) is 0 Å². The zero-order valence-electron chi connectivity index (χ0n) is 15.4. The van der Waals surface area contributed by atoms with Crippen molar-refractivity contribution in [2.45, 2.75) is 17.0 Å². The molecule has 0 unspecified atom stereocenters. The molecule has 0 bridgehead atoms. The zero-order valence-corrected chi connectivity index (χ0v) is 17.1. The first-order valence-corrected chi connectivity index (χ1v) is 10.9. The number of rotatable bonds is 5. The SMILES string of the molecule is O=C(C[C@H]1SC(=O)NC1=O)Oc1ccc([C@@H]2SCC(=O)N2c2ccc(O)cc2)cc1. The smallest absolute Gasteiger partial charge is 0.312 e. The molecule has 2 heterocycles. The minimum absolute atomic E-state index is 0.0342. The number of nitrogens with one attached hydrogen (secondary N) is 1. The number of thioether (sulfide) groups is 2. The number of amides is 3. The van der Waals surface area contributed by atoms with Crippen LogP contribution in [-0.4, -0.2) is 39.1 Å². The summed E-state index contributed by atoms with van der Waals surface area (Å²) >= 11 is 2.25. The summed E-state index contributed by atoms with van der Waals surface area (Å²) in [4.78, 5) is 48.8. The lowest BCUT2D eigenvalue weighted by Crippen LogP contribution is -2.27. The van der Waals surface area contributed by atoms with Crippen LogP contribution in [0.4, 0.5) is 10.5 Å². The van der Waals surface area contributed by atoms with E-state index in [0.717, 1.165) is 17.3 Å². The van der Waals surface area contributed by atoms with E-state index in [9.17, 15) is 24.3 Å². The Morgan fingerprint density at radius 2 is 1.80 bits per heavy atom. The predicted octanol–water partition coefficient (Wildman–Crippen LogP) is 2.82. The van der Waals surface area contributed by atoms with E-state index in [1.54, 1.807) is 41.3 Å². The maximum atomic E-state index is 12.4. The molecule has 0 aliphatic carbocycles. The molecule has 0 saturated carbocycles. The normalized spacial score (nSPS) is 21.1. The summed E-state index contributed by atoms with van der Waals surface area (Å²) in [7, 11) is 0. The second kappa shape index (κ2) is 8.41. The summed E-state index contributed by atoms with van der Waals surface area (Å²) in [6.07, 6.45) is -0.203. The van der Waals surface area contributed by atoms with Crippen LogP contribution in [0.15, 0.2) is 48.5 Å². The van der Waals surface area contributed by atoms with Gasteiger partial charge in [-0.2, -0.15) is 0 Å². The van der Waals surface area contributed by atoms with Gasteiger partial charge >= 0.3 is 5.97 Å². The third kappa shape index (κ3) is 4.29. The first kappa shape index (κ1) is 20.3. The monoisotopic (exact) mass is 444 g/mol. The Hall–Kier alpha value is -2.98. The number of phenols is 1. The summed E-state index contributed by atoms with van der Waals surface area (Å²) in [6, 6.07) is 13.2. The quantitative estimate of drug-likeness (QED) is 0.535. The topological polar surface area (TPSA) is 113 Å². The van der Waals surface area contributed by atoms with Crippen LogP contribution < -0.4 is 15.0 Å². The number of aromatic hydroxyl groups is 1. The molecule has 0 spiro atoms. The lowest BCUT2D eigenvalue weighted by Gasteiger charge is -2.24. The number of anilines is 1. The minimum Gasteiger partial charge on any atom is -0.508 e. The highest BCUT2D eigenvalue weighted by Gasteiger charge is 2.35. The van der Waals surface area contributed by atoms with Crippen LogP contribution in [0, 0.1) is 0 Å². The fraction of sp³-hybridized carbons (Fsp3) is 0.200. The van der Waals surface area contributed by atoms with Crippen LogP contribution in [0.2, 0.25) is 0 Å². The Kier molecular flexibility index (Phi) is 5.69. The van der Waals surface area contributed by atoms with Crippen molar-refractivity contribution in [2.24, 2.45) is 0 Å². The maximum Gasteiger partial charge on any atom is 0.312 e. The molecule has 8 nitrogen and oxygen atoms in total. The van der Waals surface area contributed by atoms with Crippen molar-refractivity contribution in [1.82, 2.24) is 5.32 Å². The number of nitrogens with zero attached hydrogens (tertiary/aromatic N) is 1. The molecule has 2 aromatic carbocycles. The van der Waals surface area contributed by atoms with E-state index >= 15 is 0 Å². The van der Waals surface area contributed by atoms with Crippen LogP contribution in [-0.2, 0) is 14.4 Å². The van der Waals surface area contributed by atoms with E-state index < -0.39 is 22.4 Å². The number of benzene rings is 2. The fourth-order valence-corrected chi connectivity index (χ4v) is 5.10. The molecule has 0 radical (unpaired) electrons. The van der Waals surface area contributed by atoms with Gasteiger partial charge in [-0.15, -0.1) is 11.8 Å². The molecule has 154 valence electrons. The molecule has 30 heavy (non-hydrogen) atoms. The van der Waals surface area contributed by atoms with E-state index in [2.05, 4.69) is 5.32 Å². The van der Waals surface area contributed by atoms with Crippen molar-refractivity contribution in [3.05, 3.63) is 54.1 Å². The summed E-state index contributed by atoms with van der Waals surface area (Å²) in [6.45, 7) is 0. The first-order valence-electron chi connectivity index (χ1n) is 8.95. The molecule has 4 rings (SSSR count). The molecule has 10 heteroatoms. The van der Waals surface area contributed by atoms with E-state index in [0.29, 0.717) is 17.2 Å². The van der Waals surface area contributed by atoms with Crippen molar-refractivity contribution in [2.75, 3.05) is 10.7 Å². The van der Waals surface area contributed by atoms with Gasteiger partial charge in [-0.1, -0.05) is 23.9 Å². The van der Waals surface area contributed by atoms with Crippen molar-refractivity contribution in [1.29, 1.82) is 0 Å². The van der Waals surface area contributed by atoms with E-state index in [4.69, 9.17) is 4.74 Å². The van der Waals surface area contributed by atoms with Gasteiger partial charge in [-0.05, 0) is 42.0 Å². The number of carbonyl (C=O) groups is 4. The summed E-state index contributed by atoms with van der Waals surface area (Å²) in [5.74, 6) is -0.367. The van der Waals surface area contributed by atoms with Crippen LogP contribution in [0.1, 0.15) is 17.4 Å². The number of hydrogen-bond acceptors (Lipinski definition) is 8. The van der Waals surface area contributed by atoms with Crippen molar-refractivity contribution >= 4 is 52.2 Å². The number of hydrogen-bond donors (Lipinski definition) is 2. The second-order valence-corrected chi connectivity index (χ2v) is 8.82. The van der Waals surface area contributed by atoms with E-state index in [1.165, 1.54) is 23.9 Å². The number of ether oxygens (including phenoxy) is 1. The molecule has 3 amide bonds. The highest BCUT2D eigenvalue weighted by atomic mass is 32.2. The Morgan fingerprint density at radius 1 is 1.10 bits per heavy atom. The van der Waals surface area contributed by atoms with Crippen LogP contribution in [0.5, 0.6) is 11.5 Å². The third-order valence-electron chi connectivity index (χ3n) is 4.51. The van der Waals surface area contributed by atoms with Gasteiger partial charge in [0.2, 0.25) is 11.8 Å². The minimum atomic E-state index is -0.774. The van der Waals surface area contributed by atoms with Gasteiger partial charge in [0.05, 0.1) is 12.2 Å². The summed E-state index contributed by atoms with van der Waals surface area (Å²) in [5.41, 5.74) is 1.54. The number of carbonyl (C=O) groups excluding carboxylic acids is 4. The van der Waals surface area contributed by atoms with Crippen molar-refractivity contribution < 1.29 is 29.0 Å². The van der Waals surface area contributed by atoms with Gasteiger partial charge in [0.1, 0.15) is 22.1 Å². The highest BCUT2D eigenvalue weighted by molar-refractivity contribution is 8.15. The van der Waals surface area contributed by atoms with Crippen LogP contribution >= 0.6 is 23.5 Å². The third-order valence-corrected chi connectivity index (χ3v) is 6.71. The Morgan fingerprint density at radius 3 is 2.43 bits per heavy atom. The van der Waals surface area contributed by atoms with Gasteiger partial charge in [-0.25, -0.2) is 0 Å². The lowest BCUT2D eigenvalue weighted by atomic mass is 10.1. The van der Waals surface area contributed by atoms with Crippen molar-refractivity contribution in [3.8, 4) is 11.5 Å². The zero-order chi connectivity index (χ0) is 21.3. The molecule has 2 aliphatic heterocycles. The van der Waals surface area contributed by atoms with Crippen LogP contribution in [0.25, 0.3) is 0 Å². The molecular weight excluding hydrogens is 428 g/mol. The molecule has 2 aliphatic rings. The molecule has 2 saturated heterocycles. The summed E-state index contributed by atoms with van der Waals surface area (Å²) in [5, 5.41) is 10.1. The van der Waals surface area contributed by atoms with Crippen LogP contribution in [0.3, 0.4) is 0 Å². The molecule has 2 aromatic rings. The van der Waals surface area contributed by atoms with Gasteiger partial charge in [0, 0.05) is 5.69 Å². The average Bonchev–Trinajstić information content (AvgIpc) is 3.24. The number of imide groups is 1. The van der Waals surface area contributed by atoms with E-state index in [-0.39, 0.29) is 23.5 Å². The predicted molar refractivity (Wildman–Crippen MR) is 112 cm³/mol. The Labute approximate surface area is 180 Å². The van der Waals surface area contributed by atoms with Gasteiger partial charge in [-0.3, -0.25) is 29.4 Å². The largest absolute Gasteiger partial charge is 0.508 e. The maximum absolute atomic E-state index is 12.4. The summed E-state index contributed by atoms with van der Waals surface area (Å²) < 4.78 is 5.26. The lowest BCUT2D eigenvalue weighted by molar-refractivity contribution is -0.135. The molecule has 2 fully saturated rings.